The molecule has 0 unspecified atom stereocenters. The normalized spacial score (nSPS) is 25.4. The number of anilines is 2. The van der Waals surface area contributed by atoms with Crippen molar-refractivity contribution >= 4 is 17.5 Å². The standard InChI is InChI=1S/C13H21N5O3/c1-9-3-5-13(8-19,6-4-9)17-11-10(18(20)21)7-15-12(14-2)16-11/h7,9,19H,3-6,8H2,1-2H3,(H2,14,15,16,17). The Labute approximate surface area is 123 Å². The summed E-state index contributed by atoms with van der Waals surface area (Å²) in [5, 5.41) is 26.7. The van der Waals surface area contributed by atoms with E-state index in [9.17, 15) is 15.2 Å². The third kappa shape index (κ3) is 3.38. The molecule has 0 aromatic carbocycles. The summed E-state index contributed by atoms with van der Waals surface area (Å²) in [7, 11) is 1.65. The van der Waals surface area contributed by atoms with E-state index >= 15 is 0 Å². The maximum Gasteiger partial charge on any atom is 0.329 e. The van der Waals surface area contributed by atoms with Crippen LogP contribution in [0.1, 0.15) is 32.6 Å². The molecule has 3 N–H and O–H groups in total. The molecular weight excluding hydrogens is 274 g/mol. The smallest absolute Gasteiger partial charge is 0.329 e. The highest BCUT2D eigenvalue weighted by atomic mass is 16.6. The lowest BCUT2D eigenvalue weighted by molar-refractivity contribution is -0.384. The van der Waals surface area contributed by atoms with Crippen LogP contribution in [-0.2, 0) is 0 Å². The van der Waals surface area contributed by atoms with Crippen LogP contribution in [0.15, 0.2) is 6.20 Å². The minimum atomic E-state index is -0.545. The van der Waals surface area contributed by atoms with E-state index in [0.29, 0.717) is 11.9 Å². The number of hydrogen-bond donors (Lipinski definition) is 3. The first-order valence-electron chi connectivity index (χ1n) is 7.08. The Morgan fingerprint density at radius 1 is 1.52 bits per heavy atom. The van der Waals surface area contributed by atoms with E-state index in [-0.39, 0.29) is 18.1 Å². The fourth-order valence-corrected chi connectivity index (χ4v) is 2.61. The predicted octanol–water partition coefficient (Wildman–Crippen LogP) is 1.78. The van der Waals surface area contributed by atoms with Crippen molar-refractivity contribution in [2.45, 2.75) is 38.1 Å². The van der Waals surface area contributed by atoms with Crippen molar-refractivity contribution in [2.24, 2.45) is 5.92 Å². The van der Waals surface area contributed by atoms with Gasteiger partial charge in [-0.3, -0.25) is 10.1 Å². The van der Waals surface area contributed by atoms with Gasteiger partial charge in [0.05, 0.1) is 17.1 Å². The van der Waals surface area contributed by atoms with E-state index in [1.807, 2.05) is 0 Å². The molecular formula is C13H21N5O3. The lowest BCUT2D eigenvalue weighted by Gasteiger charge is -2.38. The zero-order valence-electron chi connectivity index (χ0n) is 12.3. The van der Waals surface area contributed by atoms with Crippen molar-refractivity contribution in [1.29, 1.82) is 0 Å². The number of hydrogen-bond acceptors (Lipinski definition) is 7. The van der Waals surface area contributed by atoms with Gasteiger partial charge in [-0.25, -0.2) is 4.98 Å². The summed E-state index contributed by atoms with van der Waals surface area (Å²) >= 11 is 0. The SMILES string of the molecule is CNc1ncc([N+](=O)[O-])c(NC2(CO)CCC(C)CC2)n1. The summed E-state index contributed by atoms with van der Waals surface area (Å²) < 4.78 is 0. The molecule has 116 valence electrons. The number of nitro groups is 1. The zero-order valence-corrected chi connectivity index (χ0v) is 12.3. The van der Waals surface area contributed by atoms with Crippen molar-refractivity contribution in [3.8, 4) is 0 Å². The fourth-order valence-electron chi connectivity index (χ4n) is 2.61. The predicted molar refractivity (Wildman–Crippen MR) is 79.3 cm³/mol. The minimum absolute atomic E-state index is 0.0736. The van der Waals surface area contributed by atoms with Gasteiger partial charge in [0, 0.05) is 7.05 Å². The van der Waals surface area contributed by atoms with Crippen LogP contribution in [0.4, 0.5) is 17.5 Å². The Bertz CT molecular complexity index is 515. The molecule has 0 amide bonds. The number of aliphatic hydroxyl groups excluding tert-OH is 1. The summed E-state index contributed by atoms with van der Waals surface area (Å²) in [5.74, 6) is 1.07. The van der Waals surface area contributed by atoms with Crippen molar-refractivity contribution in [2.75, 3.05) is 24.3 Å². The Morgan fingerprint density at radius 3 is 2.71 bits per heavy atom. The molecule has 1 aliphatic rings. The largest absolute Gasteiger partial charge is 0.394 e. The van der Waals surface area contributed by atoms with E-state index in [0.717, 1.165) is 25.7 Å². The van der Waals surface area contributed by atoms with Gasteiger partial charge in [0.25, 0.3) is 0 Å². The Morgan fingerprint density at radius 2 is 2.19 bits per heavy atom. The molecule has 8 nitrogen and oxygen atoms in total. The molecule has 1 aromatic rings. The van der Waals surface area contributed by atoms with E-state index in [1.165, 1.54) is 6.20 Å². The van der Waals surface area contributed by atoms with Gasteiger partial charge in [0.2, 0.25) is 11.8 Å². The highest BCUT2D eigenvalue weighted by molar-refractivity contribution is 5.58. The quantitative estimate of drug-likeness (QED) is 0.560. The lowest BCUT2D eigenvalue weighted by Crippen LogP contribution is -2.45. The molecule has 0 atom stereocenters. The highest BCUT2D eigenvalue weighted by Crippen LogP contribution is 2.36. The van der Waals surface area contributed by atoms with Gasteiger partial charge in [-0.1, -0.05) is 6.92 Å². The van der Waals surface area contributed by atoms with Crippen LogP contribution < -0.4 is 10.6 Å². The van der Waals surface area contributed by atoms with Gasteiger partial charge >= 0.3 is 5.69 Å². The van der Waals surface area contributed by atoms with Gasteiger partial charge < -0.3 is 15.7 Å². The highest BCUT2D eigenvalue weighted by Gasteiger charge is 2.35. The summed E-state index contributed by atoms with van der Waals surface area (Å²) in [6.07, 6.45) is 4.66. The monoisotopic (exact) mass is 295 g/mol. The van der Waals surface area contributed by atoms with Gasteiger partial charge in [0.1, 0.15) is 6.20 Å². The summed E-state index contributed by atoms with van der Waals surface area (Å²) in [6.45, 7) is 2.10. The molecule has 1 saturated carbocycles. The second-order valence-corrected chi connectivity index (χ2v) is 5.68. The Balaban J connectivity index is 2.29. The molecule has 0 aliphatic heterocycles. The second-order valence-electron chi connectivity index (χ2n) is 5.68. The number of nitrogens with one attached hydrogen (secondary N) is 2. The van der Waals surface area contributed by atoms with Gasteiger partial charge in [-0.2, -0.15) is 4.98 Å². The van der Waals surface area contributed by atoms with E-state index in [4.69, 9.17) is 0 Å². The van der Waals surface area contributed by atoms with E-state index < -0.39 is 10.5 Å². The number of rotatable bonds is 5. The number of aliphatic hydroxyl groups is 1. The van der Waals surface area contributed by atoms with Crippen molar-refractivity contribution in [3.05, 3.63) is 16.3 Å². The van der Waals surface area contributed by atoms with E-state index in [1.54, 1.807) is 7.05 Å². The topological polar surface area (TPSA) is 113 Å². The molecule has 0 spiro atoms. The lowest BCUT2D eigenvalue weighted by atomic mass is 9.77. The average molecular weight is 295 g/mol. The van der Waals surface area contributed by atoms with Crippen LogP contribution in [0.5, 0.6) is 0 Å². The van der Waals surface area contributed by atoms with Crippen molar-refractivity contribution < 1.29 is 10.0 Å². The molecule has 0 saturated heterocycles. The molecule has 2 rings (SSSR count). The van der Waals surface area contributed by atoms with Crippen LogP contribution >= 0.6 is 0 Å². The molecule has 1 aliphatic carbocycles. The third-order valence-electron chi connectivity index (χ3n) is 4.11. The molecule has 8 heteroatoms. The van der Waals surface area contributed by atoms with Crippen LogP contribution in [0.25, 0.3) is 0 Å². The van der Waals surface area contributed by atoms with Crippen molar-refractivity contribution in [3.63, 3.8) is 0 Å². The first-order valence-corrected chi connectivity index (χ1v) is 7.08. The molecule has 1 heterocycles. The van der Waals surface area contributed by atoms with Gasteiger partial charge in [-0.05, 0) is 31.6 Å². The zero-order chi connectivity index (χ0) is 15.5. The van der Waals surface area contributed by atoms with E-state index in [2.05, 4.69) is 27.5 Å². The maximum absolute atomic E-state index is 11.1. The maximum atomic E-state index is 11.1. The third-order valence-corrected chi connectivity index (χ3v) is 4.11. The summed E-state index contributed by atoms with van der Waals surface area (Å²) in [6, 6.07) is 0. The van der Waals surface area contributed by atoms with Gasteiger partial charge in [-0.15, -0.1) is 0 Å². The molecule has 1 fully saturated rings. The summed E-state index contributed by atoms with van der Waals surface area (Å²) in [4.78, 5) is 18.6. The molecule has 1 aromatic heterocycles. The number of aromatic nitrogens is 2. The molecule has 0 bridgehead atoms. The number of nitrogens with zero attached hydrogens (tertiary/aromatic N) is 3. The minimum Gasteiger partial charge on any atom is -0.394 e. The van der Waals surface area contributed by atoms with Crippen LogP contribution in [0, 0.1) is 16.0 Å². The van der Waals surface area contributed by atoms with Gasteiger partial charge in [0.15, 0.2) is 0 Å². The van der Waals surface area contributed by atoms with Crippen LogP contribution in [0.2, 0.25) is 0 Å². The van der Waals surface area contributed by atoms with Crippen molar-refractivity contribution in [1.82, 2.24) is 9.97 Å². The summed E-state index contributed by atoms with van der Waals surface area (Å²) in [5.41, 5.74) is -0.725. The molecule has 0 radical (unpaired) electrons. The fraction of sp³-hybridized carbons (Fsp3) is 0.692. The van der Waals surface area contributed by atoms with Crippen LogP contribution in [0.3, 0.4) is 0 Å². The average Bonchev–Trinajstić information content (AvgIpc) is 2.49. The Kier molecular flexibility index (Phi) is 4.56. The first-order chi connectivity index (χ1) is 9.99. The molecule has 21 heavy (non-hydrogen) atoms. The second kappa shape index (κ2) is 6.21. The Hall–Kier alpha value is -1.96. The first kappa shape index (κ1) is 15.4. The van der Waals surface area contributed by atoms with Crippen LogP contribution in [-0.4, -0.2) is 39.2 Å².